The van der Waals surface area contributed by atoms with Crippen LogP contribution in [0.3, 0.4) is 0 Å². The standard InChI is InChI=1S/C12H14Cl2.C2H4/c1-7-4-9(6-10(13)5-7)11-8(2)12(11,3)14;1-2/h4-6,8,11H,1-3H3;1-2H2. The second kappa shape index (κ2) is 4.81. The van der Waals surface area contributed by atoms with Gasteiger partial charge >= 0.3 is 0 Å². The van der Waals surface area contributed by atoms with Crippen LogP contribution >= 0.6 is 23.2 Å². The van der Waals surface area contributed by atoms with Gasteiger partial charge in [-0.05, 0) is 43.0 Å². The molecule has 1 saturated carbocycles. The van der Waals surface area contributed by atoms with Crippen LogP contribution in [0.5, 0.6) is 0 Å². The van der Waals surface area contributed by atoms with Crippen molar-refractivity contribution in [1.82, 2.24) is 0 Å². The molecule has 0 aromatic heterocycles. The summed E-state index contributed by atoms with van der Waals surface area (Å²) < 4.78 is 0. The van der Waals surface area contributed by atoms with Crippen molar-refractivity contribution in [3.05, 3.63) is 47.5 Å². The molecule has 3 atom stereocenters. The third kappa shape index (κ3) is 2.44. The summed E-state index contributed by atoms with van der Waals surface area (Å²) >= 11 is 12.4. The molecule has 0 amide bonds. The summed E-state index contributed by atoms with van der Waals surface area (Å²) in [6.45, 7) is 12.3. The van der Waals surface area contributed by atoms with Gasteiger partial charge in [0.25, 0.3) is 0 Å². The van der Waals surface area contributed by atoms with Gasteiger partial charge in [-0.25, -0.2) is 0 Å². The van der Waals surface area contributed by atoms with Crippen LogP contribution in [0.1, 0.15) is 30.9 Å². The maximum Gasteiger partial charge on any atom is 0.0522 e. The first-order chi connectivity index (χ1) is 7.43. The Balaban J connectivity index is 0.000000606. The third-order valence-electron chi connectivity index (χ3n) is 3.31. The molecule has 1 aromatic rings. The Morgan fingerprint density at radius 3 is 2.12 bits per heavy atom. The predicted octanol–water partition coefficient (Wildman–Crippen LogP) is 5.18. The van der Waals surface area contributed by atoms with Crippen LogP contribution < -0.4 is 0 Å². The van der Waals surface area contributed by atoms with Gasteiger partial charge in [0, 0.05) is 10.9 Å². The number of rotatable bonds is 1. The van der Waals surface area contributed by atoms with Crippen LogP contribution in [0.2, 0.25) is 5.02 Å². The lowest BCUT2D eigenvalue weighted by atomic mass is 10.1. The summed E-state index contributed by atoms with van der Waals surface area (Å²) in [5.41, 5.74) is 2.49. The molecule has 0 spiro atoms. The molecule has 0 nitrogen and oxygen atoms in total. The van der Waals surface area contributed by atoms with Gasteiger partial charge in [0.15, 0.2) is 0 Å². The first kappa shape index (κ1) is 13.6. The van der Waals surface area contributed by atoms with Crippen LogP contribution in [-0.2, 0) is 0 Å². The summed E-state index contributed by atoms with van der Waals surface area (Å²) in [6, 6.07) is 6.19. The van der Waals surface area contributed by atoms with E-state index < -0.39 is 0 Å². The maximum atomic E-state index is 6.35. The number of hydrogen-bond acceptors (Lipinski definition) is 0. The number of alkyl halides is 1. The van der Waals surface area contributed by atoms with Crippen LogP contribution in [0, 0.1) is 12.8 Å². The molecule has 0 bridgehead atoms. The SMILES string of the molecule is C=C.Cc1cc(Cl)cc(C2C(C)C2(C)Cl)c1. The largest absolute Gasteiger partial charge is 0.119 e. The van der Waals surface area contributed by atoms with Gasteiger partial charge in [0.2, 0.25) is 0 Å². The Kier molecular flexibility index (Phi) is 4.09. The highest BCUT2D eigenvalue weighted by Crippen LogP contribution is 2.61. The minimum absolute atomic E-state index is 0.0723. The highest BCUT2D eigenvalue weighted by Gasteiger charge is 2.57. The lowest BCUT2D eigenvalue weighted by Gasteiger charge is -2.04. The van der Waals surface area contributed by atoms with Gasteiger partial charge in [-0.15, -0.1) is 24.8 Å². The van der Waals surface area contributed by atoms with Crippen molar-refractivity contribution < 1.29 is 0 Å². The second-order valence-corrected chi connectivity index (χ2v) is 5.73. The number of benzene rings is 1. The van der Waals surface area contributed by atoms with Gasteiger partial charge in [0.05, 0.1) is 4.87 Å². The average molecular weight is 257 g/mol. The van der Waals surface area contributed by atoms with Gasteiger partial charge in [0.1, 0.15) is 0 Å². The lowest BCUT2D eigenvalue weighted by Crippen LogP contribution is -1.94. The molecule has 2 rings (SSSR count). The van der Waals surface area contributed by atoms with E-state index in [-0.39, 0.29) is 4.87 Å². The third-order valence-corrected chi connectivity index (χ3v) is 4.11. The van der Waals surface area contributed by atoms with Gasteiger partial charge in [-0.1, -0.05) is 24.6 Å². The van der Waals surface area contributed by atoms with E-state index in [1.54, 1.807) is 0 Å². The van der Waals surface area contributed by atoms with Crippen molar-refractivity contribution in [2.45, 2.75) is 31.6 Å². The zero-order valence-corrected chi connectivity index (χ0v) is 11.6. The highest BCUT2D eigenvalue weighted by atomic mass is 35.5. The molecule has 1 aromatic carbocycles. The molecule has 0 saturated heterocycles. The summed E-state index contributed by atoms with van der Waals surface area (Å²) in [6.07, 6.45) is 0. The molecule has 3 unspecified atom stereocenters. The van der Waals surface area contributed by atoms with Crippen molar-refractivity contribution >= 4 is 23.2 Å². The normalized spacial score (nSPS) is 31.6. The van der Waals surface area contributed by atoms with Crippen molar-refractivity contribution in [2.75, 3.05) is 0 Å². The highest BCUT2D eigenvalue weighted by molar-refractivity contribution is 6.30. The van der Waals surface area contributed by atoms with Gasteiger partial charge in [-0.2, -0.15) is 0 Å². The van der Waals surface area contributed by atoms with Crippen molar-refractivity contribution in [3.63, 3.8) is 0 Å². The Morgan fingerprint density at radius 1 is 1.25 bits per heavy atom. The van der Waals surface area contributed by atoms with Gasteiger partial charge < -0.3 is 0 Å². The van der Waals surface area contributed by atoms with E-state index in [0.717, 1.165) is 5.02 Å². The van der Waals surface area contributed by atoms with Crippen molar-refractivity contribution in [2.24, 2.45) is 5.92 Å². The van der Waals surface area contributed by atoms with E-state index in [2.05, 4.69) is 40.0 Å². The Hall–Kier alpha value is -0.460. The van der Waals surface area contributed by atoms with E-state index in [9.17, 15) is 0 Å². The van der Waals surface area contributed by atoms with E-state index in [4.69, 9.17) is 23.2 Å². The number of aryl methyl sites for hydroxylation is 1. The minimum atomic E-state index is -0.0723. The summed E-state index contributed by atoms with van der Waals surface area (Å²) in [5.74, 6) is 1.00. The first-order valence-corrected chi connectivity index (χ1v) is 6.14. The maximum absolute atomic E-state index is 6.35. The van der Waals surface area contributed by atoms with Crippen LogP contribution in [0.4, 0.5) is 0 Å². The molecule has 1 aliphatic carbocycles. The molecule has 16 heavy (non-hydrogen) atoms. The van der Waals surface area contributed by atoms with Crippen LogP contribution in [-0.4, -0.2) is 4.87 Å². The van der Waals surface area contributed by atoms with Crippen molar-refractivity contribution in [1.29, 1.82) is 0 Å². The Morgan fingerprint density at radius 2 is 1.75 bits per heavy atom. The molecule has 2 heteroatoms. The second-order valence-electron chi connectivity index (χ2n) is 4.48. The molecule has 0 N–H and O–H groups in total. The zero-order valence-electron chi connectivity index (χ0n) is 10.1. The Labute approximate surface area is 108 Å². The summed E-state index contributed by atoms with van der Waals surface area (Å²) in [7, 11) is 0. The fourth-order valence-electron chi connectivity index (χ4n) is 2.25. The quantitative estimate of drug-likeness (QED) is 0.480. The molecule has 1 fully saturated rings. The van der Waals surface area contributed by atoms with E-state index in [1.807, 2.05) is 12.1 Å². The van der Waals surface area contributed by atoms with Gasteiger partial charge in [-0.3, -0.25) is 0 Å². The number of hydrogen-bond donors (Lipinski definition) is 0. The molecular weight excluding hydrogens is 239 g/mol. The molecule has 1 aliphatic rings. The van der Waals surface area contributed by atoms with E-state index in [1.165, 1.54) is 11.1 Å². The van der Waals surface area contributed by atoms with E-state index in [0.29, 0.717) is 11.8 Å². The first-order valence-electron chi connectivity index (χ1n) is 5.39. The van der Waals surface area contributed by atoms with E-state index >= 15 is 0 Å². The molecule has 88 valence electrons. The molecular formula is C14H18Cl2. The van der Waals surface area contributed by atoms with Crippen LogP contribution in [0.25, 0.3) is 0 Å². The zero-order chi connectivity index (χ0) is 12.5. The fourth-order valence-corrected chi connectivity index (χ4v) is 2.92. The fraction of sp³-hybridized carbons (Fsp3) is 0.429. The average Bonchev–Trinajstić information content (AvgIpc) is 2.67. The molecule has 0 aliphatic heterocycles. The minimum Gasteiger partial charge on any atom is -0.119 e. The van der Waals surface area contributed by atoms with Crippen LogP contribution in [0.15, 0.2) is 31.4 Å². The summed E-state index contributed by atoms with van der Waals surface area (Å²) in [5, 5.41) is 0.812. The predicted molar refractivity (Wildman–Crippen MR) is 73.6 cm³/mol. The molecule has 0 radical (unpaired) electrons. The number of halogens is 2. The monoisotopic (exact) mass is 256 g/mol. The Bertz CT molecular complexity index is 362. The summed E-state index contributed by atoms with van der Waals surface area (Å²) in [4.78, 5) is -0.0723. The van der Waals surface area contributed by atoms with Crippen molar-refractivity contribution in [3.8, 4) is 0 Å². The molecule has 0 heterocycles. The lowest BCUT2D eigenvalue weighted by molar-refractivity contribution is 0.866. The topological polar surface area (TPSA) is 0 Å². The smallest absolute Gasteiger partial charge is 0.0522 e.